The van der Waals surface area contributed by atoms with E-state index in [2.05, 4.69) is 11.9 Å². The van der Waals surface area contributed by atoms with Crippen LogP contribution >= 0.6 is 0 Å². The molecule has 12 heavy (non-hydrogen) atoms. The lowest BCUT2D eigenvalue weighted by Crippen LogP contribution is -2.38. The second kappa shape index (κ2) is 4.90. The summed E-state index contributed by atoms with van der Waals surface area (Å²) >= 11 is 0. The van der Waals surface area contributed by atoms with E-state index in [0.29, 0.717) is 26.6 Å². The van der Waals surface area contributed by atoms with Gasteiger partial charge in [0.05, 0.1) is 19.1 Å². The summed E-state index contributed by atoms with van der Waals surface area (Å²) in [5, 5.41) is 2.69. The third-order valence-corrected chi connectivity index (χ3v) is 1.60. The van der Waals surface area contributed by atoms with Gasteiger partial charge in [-0.3, -0.25) is 4.79 Å². The molecule has 0 aromatic heterocycles. The van der Waals surface area contributed by atoms with Crippen LogP contribution in [0.2, 0.25) is 0 Å². The number of ether oxygens (including phenoxy) is 2. The van der Waals surface area contributed by atoms with Crippen molar-refractivity contribution in [3.8, 4) is 0 Å². The SMILES string of the molecule is C=CCNC(=O)C1COCOC1. The van der Waals surface area contributed by atoms with Crippen molar-refractivity contribution in [3.05, 3.63) is 12.7 Å². The van der Waals surface area contributed by atoms with Gasteiger partial charge in [-0.1, -0.05) is 6.08 Å². The molecule has 1 aliphatic heterocycles. The number of nitrogens with one attached hydrogen (secondary N) is 1. The van der Waals surface area contributed by atoms with Crippen LogP contribution in [0.15, 0.2) is 12.7 Å². The fourth-order valence-corrected chi connectivity index (χ4v) is 0.956. The number of rotatable bonds is 3. The Bertz CT molecular complexity index is 164. The molecule has 0 spiro atoms. The minimum Gasteiger partial charge on any atom is -0.355 e. The highest BCUT2D eigenvalue weighted by Gasteiger charge is 2.21. The van der Waals surface area contributed by atoms with E-state index >= 15 is 0 Å². The van der Waals surface area contributed by atoms with E-state index in [1.165, 1.54) is 0 Å². The van der Waals surface area contributed by atoms with Crippen LogP contribution in [0.1, 0.15) is 0 Å². The Labute approximate surface area is 71.5 Å². The van der Waals surface area contributed by atoms with Crippen molar-refractivity contribution in [2.45, 2.75) is 0 Å². The fourth-order valence-electron chi connectivity index (χ4n) is 0.956. The molecule has 1 N–H and O–H groups in total. The standard InChI is InChI=1S/C8H13NO3/c1-2-3-9-8(10)7-4-11-6-12-5-7/h2,7H,1,3-6H2,(H,9,10). The first-order chi connectivity index (χ1) is 5.84. The van der Waals surface area contributed by atoms with Crippen molar-refractivity contribution in [3.63, 3.8) is 0 Å². The van der Waals surface area contributed by atoms with Crippen molar-refractivity contribution in [2.75, 3.05) is 26.6 Å². The Morgan fingerprint density at radius 2 is 2.25 bits per heavy atom. The normalized spacial score (nSPS) is 18.7. The minimum absolute atomic E-state index is 0.0328. The molecule has 0 bridgehead atoms. The average molecular weight is 171 g/mol. The Hall–Kier alpha value is -0.870. The van der Waals surface area contributed by atoms with Gasteiger partial charge in [-0.15, -0.1) is 6.58 Å². The molecule has 1 aliphatic rings. The minimum atomic E-state index is -0.168. The summed E-state index contributed by atoms with van der Waals surface area (Å²) in [5.74, 6) is -0.201. The zero-order valence-electron chi connectivity index (χ0n) is 6.91. The van der Waals surface area contributed by atoms with Crippen molar-refractivity contribution >= 4 is 5.91 Å². The zero-order valence-corrected chi connectivity index (χ0v) is 6.91. The van der Waals surface area contributed by atoms with Crippen LogP contribution in [0.3, 0.4) is 0 Å². The highest BCUT2D eigenvalue weighted by Crippen LogP contribution is 2.04. The summed E-state index contributed by atoms with van der Waals surface area (Å²) in [4.78, 5) is 11.2. The smallest absolute Gasteiger partial charge is 0.228 e. The van der Waals surface area contributed by atoms with E-state index in [4.69, 9.17) is 9.47 Å². The Morgan fingerprint density at radius 1 is 1.58 bits per heavy atom. The Morgan fingerprint density at radius 3 is 2.83 bits per heavy atom. The predicted molar refractivity (Wildman–Crippen MR) is 43.5 cm³/mol. The lowest BCUT2D eigenvalue weighted by molar-refractivity contribution is -0.151. The molecule has 1 amide bonds. The molecule has 1 saturated heterocycles. The summed E-state index contributed by atoms with van der Waals surface area (Å²) in [7, 11) is 0. The second-order valence-electron chi connectivity index (χ2n) is 2.59. The maximum absolute atomic E-state index is 11.2. The van der Waals surface area contributed by atoms with Crippen molar-refractivity contribution in [1.82, 2.24) is 5.32 Å². The van der Waals surface area contributed by atoms with Gasteiger partial charge in [-0.05, 0) is 0 Å². The molecule has 0 aromatic carbocycles. The molecular formula is C8H13NO3. The van der Waals surface area contributed by atoms with E-state index in [0.717, 1.165) is 0 Å². The van der Waals surface area contributed by atoms with E-state index < -0.39 is 0 Å². The van der Waals surface area contributed by atoms with Crippen molar-refractivity contribution < 1.29 is 14.3 Å². The third-order valence-electron chi connectivity index (χ3n) is 1.60. The molecule has 0 unspecified atom stereocenters. The molecular weight excluding hydrogens is 158 g/mol. The topological polar surface area (TPSA) is 47.6 Å². The summed E-state index contributed by atoms with van der Waals surface area (Å²) in [6.45, 7) is 5.19. The number of carbonyl (C=O) groups is 1. The summed E-state index contributed by atoms with van der Waals surface area (Å²) in [5.41, 5.74) is 0. The van der Waals surface area contributed by atoms with Crippen LogP contribution in [-0.4, -0.2) is 32.5 Å². The fraction of sp³-hybridized carbons (Fsp3) is 0.625. The lowest BCUT2D eigenvalue weighted by Gasteiger charge is -2.21. The first kappa shape index (κ1) is 9.22. The van der Waals surface area contributed by atoms with E-state index in [9.17, 15) is 4.79 Å². The molecule has 0 atom stereocenters. The van der Waals surface area contributed by atoms with Crippen LogP contribution in [0.25, 0.3) is 0 Å². The Balaban J connectivity index is 2.24. The summed E-state index contributed by atoms with van der Waals surface area (Å²) in [6, 6.07) is 0. The molecule has 0 aliphatic carbocycles. The number of hydrogen-bond donors (Lipinski definition) is 1. The largest absolute Gasteiger partial charge is 0.355 e. The average Bonchev–Trinajstić information content (AvgIpc) is 2.15. The predicted octanol–water partition coefficient (Wildman–Crippen LogP) is -0.0909. The molecule has 0 aromatic rings. The maximum Gasteiger partial charge on any atom is 0.228 e. The molecule has 4 heteroatoms. The van der Waals surface area contributed by atoms with Crippen LogP contribution in [0.5, 0.6) is 0 Å². The maximum atomic E-state index is 11.2. The van der Waals surface area contributed by atoms with Crippen LogP contribution < -0.4 is 5.32 Å². The van der Waals surface area contributed by atoms with Gasteiger partial charge < -0.3 is 14.8 Å². The molecule has 0 saturated carbocycles. The Kier molecular flexibility index (Phi) is 3.76. The van der Waals surface area contributed by atoms with Gasteiger partial charge >= 0.3 is 0 Å². The van der Waals surface area contributed by atoms with Gasteiger partial charge in [0.2, 0.25) is 5.91 Å². The summed E-state index contributed by atoms with van der Waals surface area (Å²) in [6.07, 6.45) is 1.64. The lowest BCUT2D eigenvalue weighted by atomic mass is 10.1. The molecule has 4 nitrogen and oxygen atoms in total. The van der Waals surface area contributed by atoms with Gasteiger partial charge in [0.25, 0.3) is 0 Å². The monoisotopic (exact) mass is 171 g/mol. The molecule has 1 rings (SSSR count). The van der Waals surface area contributed by atoms with Crippen molar-refractivity contribution in [1.29, 1.82) is 0 Å². The molecule has 1 heterocycles. The van der Waals surface area contributed by atoms with Gasteiger partial charge in [0, 0.05) is 6.54 Å². The number of hydrogen-bond acceptors (Lipinski definition) is 3. The number of carbonyl (C=O) groups excluding carboxylic acids is 1. The third kappa shape index (κ3) is 2.64. The van der Waals surface area contributed by atoms with E-state index in [1.807, 2.05) is 0 Å². The zero-order chi connectivity index (χ0) is 8.81. The highest BCUT2D eigenvalue weighted by atomic mass is 16.7. The summed E-state index contributed by atoms with van der Waals surface area (Å²) < 4.78 is 9.95. The second-order valence-corrected chi connectivity index (χ2v) is 2.59. The molecule has 0 radical (unpaired) electrons. The highest BCUT2D eigenvalue weighted by molar-refractivity contribution is 5.79. The van der Waals surface area contributed by atoms with E-state index in [-0.39, 0.29) is 11.8 Å². The van der Waals surface area contributed by atoms with Crippen LogP contribution in [0, 0.1) is 5.92 Å². The quantitative estimate of drug-likeness (QED) is 0.604. The van der Waals surface area contributed by atoms with Gasteiger partial charge in [-0.25, -0.2) is 0 Å². The van der Waals surface area contributed by atoms with Gasteiger partial charge in [0.15, 0.2) is 0 Å². The first-order valence-corrected chi connectivity index (χ1v) is 3.88. The van der Waals surface area contributed by atoms with E-state index in [1.54, 1.807) is 6.08 Å². The van der Waals surface area contributed by atoms with Crippen LogP contribution in [0.4, 0.5) is 0 Å². The number of amides is 1. The van der Waals surface area contributed by atoms with Crippen LogP contribution in [-0.2, 0) is 14.3 Å². The van der Waals surface area contributed by atoms with Gasteiger partial charge in [-0.2, -0.15) is 0 Å². The molecule has 1 fully saturated rings. The molecule has 68 valence electrons. The first-order valence-electron chi connectivity index (χ1n) is 3.88. The van der Waals surface area contributed by atoms with Crippen molar-refractivity contribution in [2.24, 2.45) is 5.92 Å². The van der Waals surface area contributed by atoms with Gasteiger partial charge in [0.1, 0.15) is 6.79 Å².